The molecule has 18 heavy (non-hydrogen) atoms. The van der Waals surface area contributed by atoms with Crippen LogP contribution in [0.3, 0.4) is 0 Å². The molecule has 0 aliphatic rings. The van der Waals surface area contributed by atoms with E-state index in [1.54, 1.807) is 6.92 Å². The van der Waals surface area contributed by atoms with E-state index in [0.29, 0.717) is 5.95 Å². The number of hydrogen-bond acceptors (Lipinski definition) is 7. The second kappa shape index (κ2) is 5.99. The summed E-state index contributed by atoms with van der Waals surface area (Å²) in [5.41, 5.74) is 10.8. The predicted molar refractivity (Wildman–Crippen MR) is 70.1 cm³/mol. The van der Waals surface area contributed by atoms with Gasteiger partial charge in [0, 0.05) is 13.1 Å². The maximum Gasteiger partial charge on any atom is 0.239 e. The minimum absolute atomic E-state index is 0.103. The number of anilines is 3. The normalized spacial score (nSPS) is 11.9. The average molecular weight is 253 g/mol. The molecule has 0 radical (unpaired) electrons. The van der Waals surface area contributed by atoms with Crippen LogP contribution in [0.5, 0.6) is 0 Å². The van der Waals surface area contributed by atoms with Crippen LogP contribution in [0.2, 0.25) is 0 Å². The van der Waals surface area contributed by atoms with Crippen molar-refractivity contribution in [2.75, 3.05) is 29.0 Å². The van der Waals surface area contributed by atoms with Crippen LogP contribution >= 0.6 is 0 Å². The van der Waals surface area contributed by atoms with Gasteiger partial charge in [-0.05, 0) is 20.8 Å². The Balaban J connectivity index is 2.96. The summed E-state index contributed by atoms with van der Waals surface area (Å²) in [6.45, 7) is 7.11. The quantitative estimate of drug-likeness (QED) is 0.629. The van der Waals surface area contributed by atoms with Crippen molar-refractivity contribution in [3.8, 4) is 0 Å². The molecule has 1 amide bonds. The molecular weight excluding hydrogens is 234 g/mol. The summed E-state index contributed by atoms with van der Waals surface area (Å²) in [5, 5.41) is 2.78. The molecule has 5 N–H and O–H groups in total. The highest BCUT2D eigenvalue weighted by Crippen LogP contribution is 2.12. The molecule has 0 fully saturated rings. The zero-order valence-corrected chi connectivity index (χ0v) is 10.8. The second-order valence-corrected chi connectivity index (χ2v) is 3.76. The Kier molecular flexibility index (Phi) is 4.64. The number of rotatable bonds is 6. The Morgan fingerprint density at radius 1 is 1.33 bits per heavy atom. The summed E-state index contributed by atoms with van der Waals surface area (Å²) in [4.78, 5) is 25.1. The third-order valence-electron chi connectivity index (χ3n) is 2.46. The molecule has 0 bridgehead atoms. The zero-order valence-electron chi connectivity index (χ0n) is 10.8. The number of nitrogen functional groups attached to an aromatic ring is 1. The maximum atomic E-state index is 11.0. The van der Waals surface area contributed by atoms with Gasteiger partial charge in [-0.1, -0.05) is 0 Å². The van der Waals surface area contributed by atoms with Gasteiger partial charge in [-0.25, -0.2) is 0 Å². The van der Waals surface area contributed by atoms with Gasteiger partial charge >= 0.3 is 0 Å². The minimum Gasteiger partial charge on any atom is -0.368 e. The van der Waals surface area contributed by atoms with Crippen LogP contribution in [0, 0.1) is 0 Å². The molecule has 8 heteroatoms. The molecule has 1 unspecified atom stereocenters. The van der Waals surface area contributed by atoms with E-state index in [9.17, 15) is 4.79 Å². The summed E-state index contributed by atoms with van der Waals surface area (Å²) in [6, 6.07) is -0.573. The van der Waals surface area contributed by atoms with Crippen molar-refractivity contribution < 1.29 is 4.79 Å². The van der Waals surface area contributed by atoms with Crippen molar-refractivity contribution in [2.24, 2.45) is 5.73 Å². The first-order valence-corrected chi connectivity index (χ1v) is 5.80. The molecule has 1 rings (SSSR count). The van der Waals surface area contributed by atoms with Crippen LogP contribution in [-0.2, 0) is 4.79 Å². The van der Waals surface area contributed by atoms with E-state index in [1.807, 2.05) is 18.7 Å². The number of hydrogen-bond donors (Lipinski definition) is 3. The maximum absolute atomic E-state index is 11.0. The number of carbonyl (C=O) groups is 1. The summed E-state index contributed by atoms with van der Waals surface area (Å²) in [7, 11) is 0. The lowest BCUT2D eigenvalue weighted by Crippen LogP contribution is -2.33. The predicted octanol–water partition coefficient (Wildman–Crippen LogP) is -0.414. The van der Waals surface area contributed by atoms with Crippen LogP contribution in [0.25, 0.3) is 0 Å². The standard InChI is InChI=1S/C10H19N7O/c1-4-17(5-2)10-15-8(12)14-9(16-10)13-6(3)7(11)18/h6H,4-5H2,1-3H3,(H2,11,18)(H3,12,13,14,15,16). The fourth-order valence-electron chi connectivity index (χ4n) is 1.36. The molecule has 1 aromatic heterocycles. The first-order valence-electron chi connectivity index (χ1n) is 5.80. The van der Waals surface area contributed by atoms with Gasteiger partial charge in [-0.2, -0.15) is 15.0 Å². The van der Waals surface area contributed by atoms with Crippen LogP contribution in [-0.4, -0.2) is 40.0 Å². The van der Waals surface area contributed by atoms with Crippen LogP contribution < -0.4 is 21.7 Å². The number of nitrogens with one attached hydrogen (secondary N) is 1. The van der Waals surface area contributed by atoms with Gasteiger partial charge < -0.3 is 21.7 Å². The van der Waals surface area contributed by atoms with Crippen LogP contribution in [0.15, 0.2) is 0 Å². The fraction of sp³-hybridized carbons (Fsp3) is 0.600. The molecule has 100 valence electrons. The van der Waals surface area contributed by atoms with Gasteiger partial charge in [0.05, 0.1) is 0 Å². The largest absolute Gasteiger partial charge is 0.368 e. The van der Waals surface area contributed by atoms with Gasteiger partial charge in [-0.15, -0.1) is 0 Å². The highest BCUT2D eigenvalue weighted by molar-refractivity contribution is 5.81. The lowest BCUT2D eigenvalue weighted by molar-refractivity contribution is -0.118. The van der Waals surface area contributed by atoms with Gasteiger partial charge in [0.1, 0.15) is 6.04 Å². The Morgan fingerprint density at radius 2 is 1.94 bits per heavy atom. The lowest BCUT2D eigenvalue weighted by atomic mass is 10.3. The van der Waals surface area contributed by atoms with Crippen LogP contribution in [0.1, 0.15) is 20.8 Å². The van der Waals surface area contributed by atoms with Gasteiger partial charge in [0.2, 0.25) is 23.8 Å². The number of carbonyl (C=O) groups excluding carboxylic acids is 1. The number of primary amides is 1. The SMILES string of the molecule is CCN(CC)c1nc(N)nc(NC(C)C(N)=O)n1. The van der Waals surface area contributed by atoms with Crippen molar-refractivity contribution in [1.82, 2.24) is 15.0 Å². The number of aromatic nitrogens is 3. The molecule has 8 nitrogen and oxygen atoms in total. The first kappa shape index (κ1) is 13.9. The Hall–Kier alpha value is -2.12. The summed E-state index contributed by atoms with van der Waals surface area (Å²) < 4.78 is 0. The topological polar surface area (TPSA) is 123 Å². The highest BCUT2D eigenvalue weighted by atomic mass is 16.1. The molecule has 1 atom stereocenters. The summed E-state index contributed by atoms with van der Waals surface area (Å²) >= 11 is 0. The molecule has 0 spiro atoms. The van der Waals surface area contributed by atoms with E-state index >= 15 is 0 Å². The molecule has 0 aliphatic heterocycles. The third-order valence-corrected chi connectivity index (χ3v) is 2.46. The molecule has 1 heterocycles. The van der Waals surface area contributed by atoms with Crippen molar-refractivity contribution in [2.45, 2.75) is 26.8 Å². The lowest BCUT2D eigenvalue weighted by Gasteiger charge is -2.19. The van der Waals surface area contributed by atoms with Crippen molar-refractivity contribution in [3.05, 3.63) is 0 Å². The van der Waals surface area contributed by atoms with E-state index in [4.69, 9.17) is 11.5 Å². The fourth-order valence-corrected chi connectivity index (χ4v) is 1.36. The van der Waals surface area contributed by atoms with Gasteiger partial charge in [-0.3, -0.25) is 4.79 Å². The number of nitrogens with two attached hydrogens (primary N) is 2. The van der Waals surface area contributed by atoms with E-state index in [-0.39, 0.29) is 11.9 Å². The zero-order chi connectivity index (χ0) is 13.7. The summed E-state index contributed by atoms with van der Waals surface area (Å²) in [5.74, 6) is 0.340. The van der Waals surface area contributed by atoms with Gasteiger partial charge in [0.25, 0.3) is 0 Å². The second-order valence-electron chi connectivity index (χ2n) is 3.76. The molecule has 1 aromatic rings. The van der Waals surface area contributed by atoms with E-state index in [2.05, 4.69) is 20.3 Å². The smallest absolute Gasteiger partial charge is 0.239 e. The molecular formula is C10H19N7O. The van der Waals surface area contributed by atoms with E-state index < -0.39 is 11.9 Å². The first-order chi connectivity index (χ1) is 8.47. The Labute approximate surface area is 106 Å². The van der Waals surface area contributed by atoms with Gasteiger partial charge in [0.15, 0.2) is 0 Å². The highest BCUT2D eigenvalue weighted by Gasteiger charge is 2.13. The van der Waals surface area contributed by atoms with Crippen molar-refractivity contribution in [1.29, 1.82) is 0 Å². The Bertz CT molecular complexity index is 419. The molecule has 0 aliphatic carbocycles. The molecule has 0 saturated heterocycles. The third kappa shape index (κ3) is 3.44. The molecule has 0 saturated carbocycles. The number of amides is 1. The molecule has 0 aromatic carbocycles. The van der Waals surface area contributed by atoms with Crippen LogP contribution in [0.4, 0.5) is 17.8 Å². The van der Waals surface area contributed by atoms with E-state index in [0.717, 1.165) is 13.1 Å². The monoisotopic (exact) mass is 253 g/mol. The average Bonchev–Trinajstić information content (AvgIpc) is 2.29. The van der Waals surface area contributed by atoms with Crippen molar-refractivity contribution >= 4 is 23.8 Å². The Morgan fingerprint density at radius 3 is 2.44 bits per heavy atom. The van der Waals surface area contributed by atoms with E-state index in [1.165, 1.54) is 0 Å². The number of nitrogens with zero attached hydrogens (tertiary/aromatic N) is 4. The minimum atomic E-state index is -0.573. The van der Waals surface area contributed by atoms with Crippen molar-refractivity contribution in [3.63, 3.8) is 0 Å². The summed E-state index contributed by atoms with van der Waals surface area (Å²) in [6.07, 6.45) is 0.